The van der Waals surface area contributed by atoms with Crippen LogP contribution in [0.5, 0.6) is 0 Å². The summed E-state index contributed by atoms with van der Waals surface area (Å²) in [5, 5.41) is 50.5. The van der Waals surface area contributed by atoms with Crippen molar-refractivity contribution in [3.63, 3.8) is 0 Å². The minimum absolute atomic E-state index is 0. The molecule has 5 N–H and O–H groups in total. The van der Waals surface area contributed by atoms with E-state index in [-0.39, 0.29) is 131 Å². The van der Waals surface area contributed by atoms with E-state index >= 15 is 0 Å². The monoisotopic (exact) mass is 776 g/mol. The number of carboxylic acids is 2. The Morgan fingerprint density at radius 2 is 1.67 bits per heavy atom. The number of rotatable bonds is 12. The first kappa shape index (κ1) is 48.6. The van der Waals surface area contributed by atoms with Crippen molar-refractivity contribution < 1.29 is 123 Å². The standard InChI is InChI=1S/C39H46N6O7.3Na/c1-7-22-18(3)26-15-28-20(5)24(12-13-32(46)47)35(43-28)34(39(51)52)36-33(37(48)45-25(38(49)50)11-9-10-14-40)21(6)29(44-36)17-31-23(8-2)19(4)27(42-31)16-30(22)41-26;;;/h7,15-17,20,24-25,41,51-52H,1,8-14,40H2,2-6H3,(H,45,48)(H,46,47)(H,49,50);;;/q;3*+1/p-3/t20-,24-,25?;;;/m0.../s1. The molecule has 5 rings (SSSR count). The van der Waals surface area contributed by atoms with Gasteiger partial charge in [-0.2, -0.15) is 0 Å². The summed E-state index contributed by atoms with van der Waals surface area (Å²) in [5.74, 6) is -6.24. The summed E-state index contributed by atoms with van der Waals surface area (Å²) >= 11 is 0. The van der Waals surface area contributed by atoms with E-state index in [2.05, 4.69) is 16.9 Å². The zero-order valence-electron chi connectivity index (χ0n) is 33.0. The zero-order valence-corrected chi connectivity index (χ0v) is 39.0. The van der Waals surface area contributed by atoms with E-state index in [0.717, 1.165) is 28.0 Å². The Hall–Kier alpha value is -2.56. The number of hydrogen-bond acceptors (Lipinski definition) is 11. The molecule has 55 heavy (non-hydrogen) atoms. The van der Waals surface area contributed by atoms with Crippen LogP contribution >= 0.6 is 0 Å². The van der Waals surface area contributed by atoms with Crippen molar-refractivity contribution in [2.45, 2.75) is 79.2 Å². The van der Waals surface area contributed by atoms with Gasteiger partial charge in [0.15, 0.2) is 0 Å². The molecule has 3 atom stereocenters. The maximum Gasteiger partial charge on any atom is 1.00 e. The van der Waals surface area contributed by atoms with Gasteiger partial charge in [0.1, 0.15) is 0 Å². The van der Waals surface area contributed by atoms with Crippen LogP contribution in [0.25, 0.3) is 18.2 Å². The number of nitrogens with one attached hydrogen (secondary N) is 2. The molecule has 0 aliphatic carbocycles. The average molecular weight is 777 g/mol. The smallest absolute Gasteiger partial charge is 0.629 e. The van der Waals surface area contributed by atoms with Gasteiger partial charge >= 0.3 is 88.7 Å². The minimum atomic E-state index is -1.50. The summed E-state index contributed by atoms with van der Waals surface area (Å²) in [6.45, 7) is 13.7. The molecule has 0 aromatic carbocycles. The maximum absolute atomic E-state index is 14.1. The summed E-state index contributed by atoms with van der Waals surface area (Å²) in [7, 11) is 0. The van der Waals surface area contributed by atoms with Gasteiger partial charge < -0.3 is 46.0 Å². The molecule has 5 heterocycles. The van der Waals surface area contributed by atoms with Gasteiger partial charge in [-0.1, -0.05) is 26.5 Å². The number of nitrogens with zero attached hydrogens (tertiary/aromatic N) is 3. The first-order valence-corrected chi connectivity index (χ1v) is 17.4. The number of aliphatic hydroxyl groups excluding tert-OH is 1. The van der Waals surface area contributed by atoms with Gasteiger partial charge in [0.2, 0.25) is 0 Å². The fourth-order valence-electron chi connectivity index (χ4n) is 7.22. The second-order valence-corrected chi connectivity index (χ2v) is 13.4. The average Bonchev–Trinajstić information content (AvgIpc) is 3.76. The van der Waals surface area contributed by atoms with E-state index in [1.165, 1.54) is 0 Å². The number of aliphatic hydroxyl groups is 1. The number of aliphatic imine (C=N–C) groups is 3. The third kappa shape index (κ3) is 10.1. The van der Waals surface area contributed by atoms with Gasteiger partial charge in [-0.05, 0) is 106 Å². The zero-order chi connectivity index (χ0) is 38.0. The number of nitrogens with two attached hydrogens (primary N) is 1. The van der Waals surface area contributed by atoms with E-state index in [0.29, 0.717) is 54.2 Å². The molecule has 1 aromatic rings. The summed E-state index contributed by atoms with van der Waals surface area (Å²) in [6.07, 6.45) is 8.44. The Morgan fingerprint density at radius 1 is 1.00 bits per heavy atom. The predicted molar refractivity (Wildman–Crippen MR) is 194 cm³/mol. The van der Waals surface area contributed by atoms with Crippen LogP contribution < -0.4 is 115 Å². The molecule has 1 amide bonds. The second-order valence-electron chi connectivity index (χ2n) is 13.4. The van der Waals surface area contributed by atoms with E-state index in [1.807, 2.05) is 39.8 Å². The number of amides is 1. The summed E-state index contributed by atoms with van der Waals surface area (Å²) < 4.78 is 0. The van der Waals surface area contributed by atoms with Gasteiger partial charge in [0, 0.05) is 46.0 Å². The SMILES string of the molecule is C=Cc1c2[nH]c(c1C)C=C1N=C(/C(=C(/[O-])O)C3=NC(=CC4=NC(=C2)C(C)=C4CC)C(C)=C3C(=O)NC(CCCCN)C(=O)[O-])[C@@H](CCC(=O)[O-])[C@@H]1C.[Na+].[Na+].[Na+]. The van der Waals surface area contributed by atoms with Crippen molar-refractivity contribution in [1.29, 1.82) is 0 Å². The van der Waals surface area contributed by atoms with E-state index in [1.54, 1.807) is 19.1 Å². The molecule has 1 aromatic heterocycles. The molecule has 8 bridgehead atoms. The van der Waals surface area contributed by atoms with Crippen molar-refractivity contribution >= 4 is 53.2 Å². The van der Waals surface area contributed by atoms with Crippen LogP contribution in [-0.4, -0.2) is 57.7 Å². The molecule has 1 unspecified atom stereocenters. The molecular weight excluding hydrogens is 733 g/mol. The van der Waals surface area contributed by atoms with Gasteiger partial charge in [-0.3, -0.25) is 9.79 Å². The van der Waals surface area contributed by atoms with Crippen LogP contribution in [0.3, 0.4) is 0 Å². The largest absolute Gasteiger partial charge is 1.00 e. The number of hydrogen-bond donors (Lipinski definition) is 4. The molecule has 0 saturated heterocycles. The van der Waals surface area contributed by atoms with E-state index < -0.39 is 47.2 Å². The molecule has 4 aliphatic heterocycles. The number of aliphatic carboxylic acids is 2. The summed E-state index contributed by atoms with van der Waals surface area (Å²) in [4.78, 5) is 55.9. The quantitative estimate of drug-likeness (QED) is 0.0904. The molecule has 0 spiro atoms. The fourth-order valence-corrected chi connectivity index (χ4v) is 7.22. The topological polar surface area (TPSA) is 232 Å². The number of carbonyl (C=O) groups is 3. The van der Waals surface area contributed by atoms with Crippen molar-refractivity contribution in [3.05, 3.63) is 86.1 Å². The normalized spacial score (nSPS) is 20.0. The Morgan fingerprint density at radius 3 is 2.25 bits per heavy atom. The second kappa shape index (κ2) is 20.7. The van der Waals surface area contributed by atoms with E-state index in [4.69, 9.17) is 20.7 Å². The van der Waals surface area contributed by atoms with Crippen LogP contribution in [0.15, 0.2) is 78.5 Å². The fraction of sp³-hybridized carbons (Fsp3) is 0.385. The molecule has 0 saturated carbocycles. The Bertz CT molecular complexity index is 2040. The molecule has 274 valence electrons. The Kier molecular flexibility index (Phi) is 18.3. The first-order valence-electron chi connectivity index (χ1n) is 17.4. The van der Waals surface area contributed by atoms with Gasteiger partial charge in [-0.15, -0.1) is 0 Å². The number of H-pyrrole nitrogens is 1. The molecule has 0 fully saturated rings. The Labute approximate surface area is 387 Å². The third-order valence-electron chi connectivity index (χ3n) is 10.2. The number of allylic oxidation sites excluding steroid dienone is 6. The van der Waals surface area contributed by atoms with Crippen LogP contribution in [0.2, 0.25) is 0 Å². The number of unbranched alkanes of at least 4 members (excludes halogenated alkanes) is 1. The van der Waals surface area contributed by atoms with Gasteiger partial charge in [0.05, 0.1) is 52.1 Å². The Balaban J connectivity index is 0.00000348. The summed E-state index contributed by atoms with van der Waals surface area (Å²) in [5.41, 5.74) is 12.3. The molecular formula is C39H43N6Na3O7. The van der Waals surface area contributed by atoms with Crippen LogP contribution in [0.1, 0.15) is 88.7 Å². The van der Waals surface area contributed by atoms with Gasteiger partial charge in [-0.25, -0.2) is 9.98 Å². The third-order valence-corrected chi connectivity index (χ3v) is 10.2. The molecule has 16 heteroatoms. The maximum atomic E-state index is 14.1. The molecule has 4 aliphatic rings. The number of aromatic amines is 1. The summed E-state index contributed by atoms with van der Waals surface area (Å²) in [6, 6.07) is -1.38. The number of aromatic nitrogens is 1. The van der Waals surface area contributed by atoms with Crippen molar-refractivity contribution in [1.82, 2.24) is 10.3 Å². The van der Waals surface area contributed by atoms with Crippen LogP contribution in [0.4, 0.5) is 0 Å². The first-order chi connectivity index (χ1) is 24.7. The minimum Gasteiger partial charge on any atom is -0.629 e. The van der Waals surface area contributed by atoms with Crippen molar-refractivity contribution in [2.24, 2.45) is 32.5 Å². The predicted octanol–water partition coefficient (Wildman–Crippen LogP) is -6.76. The number of carboxylic acid groups (broad SMARTS) is 2. The van der Waals surface area contributed by atoms with E-state index in [9.17, 15) is 34.8 Å². The van der Waals surface area contributed by atoms with Gasteiger partial charge in [0.25, 0.3) is 5.91 Å². The number of carbonyl (C=O) groups excluding carboxylic acids is 3. The number of fused-ring (bicyclic) bond motifs is 5. The van der Waals surface area contributed by atoms with Crippen LogP contribution in [-0.2, 0) is 14.4 Å². The van der Waals surface area contributed by atoms with Crippen molar-refractivity contribution in [3.8, 4) is 0 Å². The van der Waals surface area contributed by atoms with Crippen molar-refractivity contribution in [2.75, 3.05) is 6.54 Å². The molecule has 13 nitrogen and oxygen atoms in total. The molecule has 0 radical (unpaired) electrons. The van der Waals surface area contributed by atoms with Crippen LogP contribution in [0, 0.1) is 18.8 Å².